The SMILES string of the molecule is Nc1nc2c(ncn2[C@@H]2O[C@H](COP(=O)(O)N(P(=O)(O)O)P(=O)(O)O)[C@@H](O)[C@H]2O)c(=O)[nH]1. The van der Waals surface area contributed by atoms with E-state index in [0.29, 0.717) is 0 Å². The average molecular weight is 522 g/mol. The Labute approximate surface area is 176 Å². The van der Waals surface area contributed by atoms with Crippen LogP contribution in [0, 0.1) is 0 Å². The summed E-state index contributed by atoms with van der Waals surface area (Å²) in [5.41, 5.74) is 4.41. The number of nitrogens with two attached hydrogens (primary N) is 1. The minimum Gasteiger partial charge on any atom is -0.387 e. The number of imidazole rings is 1. The van der Waals surface area contributed by atoms with E-state index in [0.717, 1.165) is 10.9 Å². The van der Waals surface area contributed by atoms with E-state index >= 15 is 0 Å². The van der Waals surface area contributed by atoms with E-state index in [1.54, 1.807) is 0 Å². The predicted octanol–water partition coefficient (Wildman–Crippen LogP) is -3.07. The van der Waals surface area contributed by atoms with Crippen molar-refractivity contribution in [3.63, 3.8) is 0 Å². The number of nitrogens with zero attached hydrogens (tertiary/aromatic N) is 4. The van der Waals surface area contributed by atoms with Gasteiger partial charge >= 0.3 is 23.2 Å². The van der Waals surface area contributed by atoms with Crippen LogP contribution in [0.5, 0.6) is 0 Å². The molecule has 1 aliphatic heterocycles. The van der Waals surface area contributed by atoms with Crippen molar-refractivity contribution < 1.29 is 57.6 Å². The van der Waals surface area contributed by atoms with Gasteiger partial charge in [-0.1, -0.05) is 0 Å². The van der Waals surface area contributed by atoms with E-state index in [1.165, 1.54) is 0 Å². The van der Waals surface area contributed by atoms with Gasteiger partial charge < -0.3 is 45.2 Å². The summed E-state index contributed by atoms with van der Waals surface area (Å²) in [6.07, 6.45) is -5.66. The fraction of sp³-hybridized carbons (Fsp3) is 0.500. The van der Waals surface area contributed by atoms with E-state index in [1.807, 2.05) is 0 Å². The number of nitrogen functional groups attached to an aromatic ring is 1. The molecular weight excluding hydrogens is 505 g/mol. The van der Waals surface area contributed by atoms with E-state index in [9.17, 15) is 33.6 Å². The molecule has 22 heteroatoms. The first-order chi connectivity index (χ1) is 14.5. The number of hydrogen-bond acceptors (Lipinski definition) is 11. The molecule has 32 heavy (non-hydrogen) atoms. The van der Waals surface area contributed by atoms with Crippen molar-refractivity contribution in [2.24, 2.45) is 0 Å². The first-order valence-electron chi connectivity index (χ1n) is 8.18. The number of aromatic nitrogens is 4. The maximum atomic E-state index is 12.1. The molecule has 1 unspecified atom stereocenters. The third kappa shape index (κ3) is 4.71. The van der Waals surface area contributed by atoms with Crippen molar-refractivity contribution in [2.75, 3.05) is 12.3 Å². The fourth-order valence-corrected chi connectivity index (χ4v) is 7.22. The third-order valence-electron chi connectivity index (χ3n) is 4.16. The molecule has 1 fully saturated rings. The van der Waals surface area contributed by atoms with Crippen LogP contribution < -0.4 is 11.3 Å². The Morgan fingerprint density at radius 3 is 2.31 bits per heavy atom. The molecule has 1 saturated heterocycles. The molecule has 1 aliphatic rings. The normalized spacial score (nSPS) is 26.6. The van der Waals surface area contributed by atoms with Crippen LogP contribution in [-0.2, 0) is 23.0 Å². The van der Waals surface area contributed by atoms with Gasteiger partial charge in [-0.2, -0.15) is 4.98 Å². The van der Waals surface area contributed by atoms with Crippen molar-refractivity contribution in [3.8, 4) is 0 Å². The number of fused-ring (bicyclic) bond motifs is 1. The number of aromatic amines is 1. The molecule has 5 atom stereocenters. The number of nitrogens with one attached hydrogen (secondary N) is 1. The van der Waals surface area contributed by atoms with E-state index in [-0.39, 0.29) is 17.1 Å². The quantitative estimate of drug-likeness (QED) is 0.163. The van der Waals surface area contributed by atoms with Gasteiger partial charge in [0.2, 0.25) is 5.95 Å². The van der Waals surface area contributed by atoms with Gasteiger partial charge in [0.1, 0.15) is 18.3 Å². The zero-order valence-electron chi connectivity index (χ0n) is 15.4. The van der Waals surface area contributed by atoms with Crippen LogP contribution >= 0.6 is 23.2 Å². The molecule has 19 nitrogen and oxygen atoms in total. The van der Waals surface area contributed by atoms with Crippen molar-refractivity contribution in [1.29, 1.82) is 0 Å². The van der Waals surface area contributed by atoms with Gasteiger partial charge in [-0.15, -0.1) is 0 Å². The molecule has 180 valence electrons. The zero-order chi connectivity index (χ0) is 24.2. The van der Waals surface area contributed by atoms with E-state index < -0.39 is 64.2 Å². The van der Waals surface area contributed by atoms with Gasteiger partial charge in [0.25, 0.3) is 5.56 Å². The molecule has 0 aromatic carbocycles. The summed E-state index contributed by atoms with van der Waals surface area (Å²) in [5.74, 6) is -0.298. The summed E-state index contributed by atoms with van der Waals surface area (Å²) in [7, 11) is -17.8. The molecule has 0 bridgehead atoms. The number of aliphatic hydroxyl groups excluding tert-OH is 2. The first-order valence-corrected chi connectivity index (χ1v) is 12.8. The summed E-state index contributed by atoms with van der Waals surface area (Å²) in [5, 5.41) is 20.4. The molecule has 10 N–H and O–H groups in total. The molecular formula is C10H17N6O13P3. The van der Waals surface area contributed by atoms with Crippen LogP contribution in [0.4, 0.5) is 5.95 Å². The lowest BCUT2D eigenvalue weighted by molar-refractivity contribution is -0.0491. The van der Waals surface area contributed by atoms with Crippen LogP contribution in [0.15, 0.2) is 11.1 Å². The number of H-pyrrole nitrogens is 1. The summed E-state index contributed by atoms with van der Waals surface area (Å²) >= 11 is 0. The van der Waals surface area contributed by atoms with Gasteiger partial charge in [-0.25, -0.2) is 18.7 Å². The highest BCUT2D eigenvalue weighted by atomic mass is 31.3. The topological polar surface area (TPSA) is 304 Å². The molecule has 3 rings (SSSR count). The van der Waals surface area contributed by atoms with Gasteiger partial charge in [0, 0.05) is 0 Å². The summed E-state index contributed by atoms with van der Waals surface area (Å²) in [6.45, 7) is -1.15. The zero-order valence-corrected chi connectivity index (χ0v) is 18.1. The third-order valence-corrected chi connectivity index (χ3v) is 10.2. The van der Waals surface area contributed by atoms with Crippen molar-refractivity contribution in [2.45, 2.75) is 24.5 Å². The number of anilines is 1. The maximum absolute atomic E-state index is 12.1. The summed E-state index contributed by atoms with van der Waals surface area (Å²) < 4.78 is 44.1. The minimum absolute atomic E-state index is 0.147. The van der Waals surface area contributed by atoms with Crippen LogP contribution in [-0.4, -0.2) is 83.3 Å². The monoisotopic (exact) mass is 522 g/mol. The lowest BCUT2D eigenvalue weighted by Crippen LogP contribution is -2.34. The summed E-state index contributed by atoms with van der Waals surface area (Å²) in [4.78, 5) is 67.4. The largest absolute Gasteiger partial charge is 0.425 e. The van der Waals surface area contributed by atoms with Crippen LogP contribution in [0.1, 0.15) is 6.23 Å². The fourth-order valence-electron chi connectivity index (χ4n) is 2.89. The number of rotatable bonds is 7. The molecule has 3 heterocycles. The highest BCUT2D eigenvalue weighted by molar-refractivity contribution is 7.79. The number of hydrogen-bond donors (Lipinski definition) is 9. The Bertz CT molecular complexity index is 1200. The van der Waals surface area contributed by atoms with Gasteiger partial charge in [0.05, 0.1) is 12.9 Å². The number of aliphatic hydroxyl groups is 2. The van der Waals surface area contributed by atoms with Gasteiger partial charge in [0.15, 0.2) is 17.4 Å². The lowest BCUT2D eigenvalue weighted by atomic mass is 10.1. The standard InChI is InChI=1S/C10H17N6O13P3/c11-10-13-7-4(8(19)14-10)12-2-15(7)9-6(18)5(17)3(29-9)1-28-32(26,27)16(30(20,21)22)31(23,24)25/h2-3,5-6,9,17-18H,1H2,(H,26,27)(H2,20,21,22)(H2,23,24,25)(H3,11,13,14,19)/t3-,5-,6-,9-/m1/s1. The van der Waals surface area contributed by atoms with Crippen molar-refractivity contribution in [1.82, 2.24) is 23.7 Å². The molecule has 2 aromatic rings. The Hall–Kier alpha value is -1.56. The average Bonchev–Trinajstić information content (AvgIpc) is 3.12. The Morgan fingerprint density at radius 2 is 1.75 bits per heavy atom. The number of ether oxygens (including phenoxy) is 1. The predicted molar refractivity (Wildman–Crippen MR) is 100 cm³/mol. The van der Waals surface area contributed by atoms with Crippen molar-refractivity contribution in [3.05, 3.63) is 16.7 Å². The molecule has 0 aliphatic carbocycles. The molecule has 0 radical (unpaired) electrons. The Balaban J connectivity index is 1.84. The molecule has 0 spiro atoms. The second-order valence-electron chi connectivity index (χ2n) is 6.40. The van der Waals surface area contributed by atoms with E-state index in [2.05, 4.69) is 19.5 Å². The second kappa shape index (κ2) is 8.34. The van der Waals surface area contributed by atoms with E-state index in [4.69, 9.17) is 30.0 Å². The van der Waals surface area contributed by atoms with Crippen LogP contribution in [0.2, 0.25) is 0 Å². The first kappa shape index (κ1) is 25.1. The smallest absolute Gasteiger partial charge is 0.387 e. The minimum atomic E-state index is -5.98. The van der Waals surface area contributed by atoms with Gasteiger partial charge in [-0.05, 0) is 4.21 Å². The lowest BCUT2D eigenvalue weighted by Gasteiger charge is -2.27. The van der Waals surface area contributed by atoms with Crippen LogP contribution in [0.3, 0.4) is 0 Å². The Kier molecular flexibility index (Phi) is 6.53. The molecule has 2 aromatic heterocycles. The Morgan fingerprint density at radius 1 is 1.16 bits per heavy atom. The molecule has 0 amide bonds. The highest BCUT2D eigenvalue weighted by Gasteiger charge is 2.54. The highest BCUT2D eigenvalue weighted by Crippen LogP contribution is 2.73. The maximum Gasteiger partial charge on any atom is 0.425 e. The van der Waals surface area contributed by atoms with Crippen molar-refractivity contribution >= 4 is 40.4 Å². The summed E-state index contributed by atoms with van der Waals surface area (Å²) in [6, 6.07) is 0. The van der Waals surface area contributed by atoms with Gasteiger partial charge in [-0.3, -0.25) is 18.9 Å². The van der Waals surface area contributed by atoms with Crippen LogP contribution in [0.25, 0.3) is 11.2 Å². The second-order valence-corrected chi connectivity index (χ2v) is 11.8. The molecule has 0 saturated carbocycles.